The minimum atomic E-state index is -0.531. The van der Waals surface area contributed by atoms with E-state index in [0.29, 0.717) is 11.6 Å². The number of anilines is 1. The third kappa shape index (κ3) is 2.52. The van der Waals surface area contributed by atoms with Gasteiger partial charge in [0.2, 0.25) is 0 Å². The first kappa shape index (κ1) is 11.4. The van der Waals surface area contributed by atoms with Crippen molar-refractivity contribution in [3.05, 3.63) is 29.8 Å². The number of nitrogens with one attached hydrogen (secondary N) is 1. The molecule has 16 heavy (non-hydrogen) atoms. The number of rotatable bonds is 3. The molecule has 1 nitrogen and oxygen atoms in total. The fraction of sp³-hybridized carbons (Fsp3) is 0.538. The van der Waals surface area contributed by atoms with Crippen molar-refractivity contribution in [2.45, 2.75) is 38.6 Å². The van der Waals surface area contributed by atoms with E-state index in [1.165, 1.54) is 37.8 Å². The number of hydrogen-bond donors (Lipinski definition) is 1. The largest absolute Gasteiger partial charge is 0.380 e. The van der Waals surface area contributed by atoms with Crippen LogP contribution in [0.3, 0.4) is 0 Å². The lowest BCUT2D eigenvalue weighted by molar-refractivity contribution is 0.479. The molecule has 0 amide bonds. The molecule has 1 aliphatic carbocycles. The van der Waals surface area contributed by atoms with Crippen molar-refractivity contribution in [2.24, 2.45) is 5.92 Å². The summed E-state index contributed by atoms with van der Waals surface area (Å²) >= 11 is 0. The molecule has 88 valence electrons. The van der Waals surface area contributed by atoms with Crippen molar-refractivity contribution in [1.29, 1.82) is 0 Å². The van der Waals surface area contributed by atoms with Gasteiger partial charge < -0.3 is 5.32 Å². The maximum Gasteiger partial charge on any atom is 0.149 e. The summed E-state index contributed by atoms with van der Waals surface area (Å²) in [6.07, 6.45) is 4.94. The van der Waals surface area contributed by atoms with Crippen LogP contribution in [0.15, 0.2) is 18.2 Å². The summed E-state index contributed by atoms with van der Waals surface area (Å²) in [5.74, 6) is -0.425. The predicted molar refractivity (Wildman–Crippen MR) is 61.4 cm³/mol. The Kier molecular flexibility index (Phi) is 3.42. The molecule has 3 heteroatoms. The van der Waals surface area contributed by atoms with Crippen LogP contribution in [0.2, 0.25) is 0 Å². The normalized spacial score (nSPS) is 18.7. The van der Waals surface area contributed by atoms with E-state index in [1.807, 2.05) is 0 Å². The second kappa shape index (κ2) is 4.81. The molecule has 2 rings (SSSR count). The monoisotopic (exact) mass is 225 g/mol. The molecule has 1 N–H and O–H groups in total. The van der Waals surface area contributed by atoms with Gasteiger partial charge in [0.05, 0.1) is 5.69 Å². The molecule has 1 aliphatic rings. The maximum absolute atomic E-state index is 13.4. The van der Waals surface area contributed by atoms with Gasteiger partial charge in [-0.05, 0) is 37.8 Å². The first-order valence-corrected chi connectivity index (χ1v) is 5.88. The smallest absolute Gasteiger partial charge is 0.149 e. The van der Waals surface area contributed by atoms with Gasteiger partial charge in [-0.1, -0.05) is 12.8 Å². The molecule has 1 aromatic rings. The van der Waals surface area contributed by atoms with Crippen molar-refractivity contribution >= 4 is 5.69 Å². The van der Waals surface area contributed by atoms with Gasteiger partial charge >= 0.3 is 0 Å². The minimum absolute atomic E-state index is 0.252. The zero-order valence-electron chi connectivity index (χ0n) is 9.47. The van der Waals surface area contributed by atoms with Crippen LogP contribution in [-0.4, -0.2) is 6.04 Å². The Hall–Kier alpha value is -1.12. The van der Waals surface area contributed by atoms with Crippen molar-refractivity contribution < 1.29 is 8.78 Å². The fourth-order valence-electron chi connectivity index (χ4n) is 2.43. The maximum atomic E-state index is 13.4. The predicted octanol–water partition coefficient (Wildman–Crippen LogP) is 3.96. The molecule has 0 saturated heterocycles. The zero-order valence-corrected chi connectivity index (χ0v) is 9.47. The van der Waals surface area contributed by atoms with Gasteiger partial charge in [-0.15, -0.1) is 0 Å². The number of benzene rings is 1. The summed E-state index contributed by atoms with van der Waals surface area (Å²) in [5, 5.41) is 3.14. The van der Waals surface area contributed by atoms with Crippen LogP contribution >= 0.6 is 0 Å². The second-order valence-corrected chi connectivity index (χ2v) is 4.60. The summed E-state index contributed by atoms with van der Waals surface area (Å²) in [6.45, 7) is 2.07. The topological polar surface area (TPSA) is 12.0 Å². The Morgan fingerprint density at radius 3 is 2.56 bits per heavy atom. The van der Waals surface area contributed by atoms with Gasteiger partial charge in [0, 0.05) is 12.1 Å². The Morgan fingerprint density at radius 2 is 1.94 bits per heavy atom. The van der Waals surface area contributed by atoms with Gasteiger partial charge in [-0.2, -0.15) is 0 Å². The SMILES string of the molecule is CC(Nc1ccc(F)cc1F)C1CCCC1. The highest BCUT2D eigenvalue weighted by atomic mass is 19.1. The van der Waals surface area contributed by atoms with Gasteiger partial charge in [0.25, 0.3) is 0 Å². The molecule has 0 radical (unpaired) electrons. The van der Waals surface area contributed by atoms with Crippen molar-refractivity contribution in [3.63, 3.8) is 0 Å². The Bertz CT molecular complexity index is 359. The van der Waals surface area contributed by atoms with E-state index in [4.69, 9.17) is 0 Å². The lowest BCUT2D eigenvalue weighted by atomic mass is 9.99. The Balaban J connectivity index is 2.02. The average molecular weight is 225 g/mol. The van der Waals surface area contributed by atoms with Gasteiger partial charge in [0.1, 0.15) is 11.6 Å². The van der Waals surface area contributed by atoms with Crippen LogP contribution in [0, 0.1) is 17.6 Å². The fourth-order valence-corrected chi connectivity index (χ4v) is 2.43. The first-order valence-electron chi connectivity index (χ1n) is 5.88. The van der Waals surface area contributed by atoms with E-state index in [1.54, 1.807) is 0 Å². The first-order chi connectivity index (χ1) is 7.66. The van der Waals surface area contributed by atoms with Gasteiger partial charge in [0.15, 0.2) is 0 Å². The molecule has 1 atom stereocenters. The average Bonchev–Trinajstić information content (AvgIpc) is 2.75. The summed E-state index contributed by atoms with van der Waals surface area (Å²) in [6, 6.07) is 3.93. The molecule has 0 spiro atoms. The molecule has 1 fully saturated rings. The van der Waals surface area contributed by atoms with E-state index >= 15 is 0 Å². The highest BCUT2D eigenvalue weighted by Gasteiger charge is 2.21. The quantitative estimate of drug-likeness (QED) is 0.821. The molecule has 1 saturated carbocycles. The van der Waals surface area contributed by atoms with E-state index in [9.17, 15) is 8.78 Å². The molecular formula is C13H17F2N. The van der Waals surface area contributed by atoms with E-state index < -0.39 is 11.6 Å². The van der Waals surface area contributed by atoms with E-state index in [0.717, 1.165) is 6.07 Å². The second-order valence-electron chi connectivity index (χ2n) is 4.60. The molecule has 0 heterocycles. The number of hydrogen-bond acceptors (Lipinski definition) is 1. The van der Waals surface area contributed by atoms with Crippen LogP contribution in [0.5, 0.6) is 0 Å². The van der Waals surface area contributed by atoms with Crippen molar-refractivity contribution in [1.82, 2.24) is 0 Å². The highest BCUT2D eigenvalue weighted by Crippen LogP contribution is 2.29. The standard InChI is InChI=1S/C13H17F2N/c1-9(10-4-2-3-5-10)16-13-7-6-11(14)8-12(13)15/h6-10,16H,2-5H2,1H3. The van der Waals surface area contributed by atoms with Crippen molar-refractivity contribution in [2.75, 3.05) is 5.32 Å². The third-order valence-corrected chi connectivity index (χ3v) is 3.42. The third-order valence-electron chi connectivity index (χ3n) is 3.42. The van der Waals surface area contributed by atoms with Crippen LogP contribution < -0.4 is 5.32 Å². The molecule has 1 unspecified atom stereocenters. The molecule has 1 aromatic carbocycles. The van der Waals surface area contributed by atoms with E-state index in [-0.39, 0.29) is 6.04 Å². The van der Waals surface area contributed by atoms with E-state index in [2.05, 4.69) is 12.2 Å². The van der Waals surface area contributed by atoms with Crippen LogP contribution in [-0.2, 0) is 0 Å². The van der Waals surface area contributed by atoms with Crippen LogP contribution in [0.25, 0.3) is 0 Å². The molecule has 0 aromatic heterocycles. The summed E-state index contributed by atoms with van der Waals surface area (Å²) in [5.41, 5.74) is 0.404. The lowest BCUT2D eigenvalue weighted by Crippen LogP contribution is -2.24. The minimum Gasteiger partial charge on any atom is -0.380 e. The summed E-state index contributed by atoms with van der Waals surface area (Å²) in [7, 11) is 0. The molecular weight excluding hydrogens is 208 g/mol. The Labute approximate surface area is 94.9 Å². The van der Waals surface area contributed by atoms with Crippen LogP contribution in [0.4, 0.5) is 14.5 Å². The lowest BCUT2D eigenvalue weighted by Gasteiger charge is -2.21. The van der Waals surface area contributed by atoms with Crippen molar-refractivity contribution in [3.8, 4) is 0 Å². The number of halogens is 2. The summed E-state index contributed by atoms with van der Waals surface area (Å²) < 4.78 is 26.1. The zero-order chi connectivity index (χ0) is 11.5. The van der Waals surface area contributed by atoms with Gasteiger partial charge in [-0.25, -0.2) is 8.78 Å². The molecule has 0 aliphatic heterocycles. The summed E-state index contributed by atoms with van der Waals surface area (Å²) in [4.78, 5) is 0. The van der Waals surface area contributed by atoms with Gasteiger partial charge in [-0.3, -0.25) is 0 Å². The highest BCUT2D eigenvalue weighted by molar-refractivity contribution is 5.45. The van der Waals surface area contributed by atoms with Crippen LogP contribution in [0.1, 0.15) is 32.6 Å². The molecule has 0 bridgehead atoms. The Morgan fingerprint density at radius 1 is 1.25 bits per heavy atom.